The largest absolute Gasteiger partial charge is 0.355 e. The third kappa shape index (κ3) is 4.03. The number of nitrogens with zero attached hydrogens (tertiary/aromatic N) is 2. The lowest BCUT2D eigenvalue weighted by atomic mass is 10.1. The molecule has 0 unspecified atom stereocenters. The Bertz CT molecular complexity index is 625. The van der Waals surface area contributed by atoms with Crippen molar-refractivity contribution in [2.75, 3.05) is 0 Å². The maximum absolute atomic E-state index is 11.9. The predicted molar refractivity (Wildman–Crippen MR) is 84.4 cm³/mol. The third-order valence-corrected chi connectivity index (χ3v) is 3.21. The number of amides is 1. The maximum atomic E-state index is 11.9. The number of aromatic nitrogens is 2. The molecule has 1 aromatic heterocycles. The van der Waals surface area contributed by atoms with Crippen LogP contribution in [0.4, 0.5) is 0 Å². The van der Waals surface area contributed by atoms with E-state index in [1.807, 2.05) is 37.3 Å². The Kier molecular flexibility index (Phi) is 4.89. The summed E-state index contributed by atoms with van der Waals surface area (Å²) in [4.78, 5) is 11.9. The van der Waals surface area contributed by atoms with Crippen molar-refractivity contribution < 1.29 is 4.79 Å². The number of thiocarbonyl (C=S) groups is 1. The van der Waals surface area contributed by atoms with Gasteiger partial charge in [-0.25, -0.2) is 0 Å². The van der Waals surface area contributed by atoms with Crippen LogP contribution in [0.15, 0.2) is 42.6 Å². The van der Waals surface area contributed by atoms with Crippen molar-refractivity contribution >= 4 is 23.2 Å². The Morgan fingerprint density at radius 3 is 2.57 bits per heavy atom. The van der Waals surface area contributed by atoms with Gasteiger partial charge in [-0.15, -0.1) is 0 Å². The first kappa shape index (κ1) is 15.0. The van der Waals surface area contributed by atoms with E-state index in [1.165, 1.54) is 4.68 Å². The molecule has 3 N–H and O–H groups in total. The zero-order chi connectivity index (χ0) is 15.2. The van der Waals surface area contributed by atoms with Crippen LogP contribution in [-0.4, -0.2) is 20.8 Å². The van der Waals surface area contributed by atoms with Crippen molar-refractivity contribution in [3.8, 4) is 0 Å². The van der Waals surface area contributed by atoms with E-state index in [0.29, 0.717) is 10.8 Å². The summed E-state index contributed by atoms with van der Waals surface area (Å²) in [6.45, 7) is 1.99. The maximum Gasteiger partial charge on any atom is 0.287 e. The first-order chi connectivity index (χ1) is 10.1. The molecule has 0 bridgehead atoms. The molecule has 0 saturated heterocycles. The minimum Gasteiger partial charge on any atom is -0.355 e. The van der Waals surface area contributed by atoms with Gasteiger partial charge in [-0.3, -0.25) is 20.3 Å². The number of hydrogen-bond donors (Lipinski definition) is 3. The lowest BCUT2D eigenvalue weighted by molar-refractivity contribution is 0.0934. The van der Waals surface area contributed by atoms with Crippen molar-refractivity contribution in [2.24, 2.45) is 7.05 Å². The number of hydrazine groups is 1. The van der Waals surface area contributed by atoms with Gasteiger partial charge in [0.25, 0.3) is 5.91 Å². The van der Waals surface area contributed by atoms with Gasteiger partial charge in [0.05, 0.1) is 6.04 Å². The number of benzene rings is 1. The highest BCUT2D eigenvalue weighted by Gasteiger charge is 2.10. The number of carbonyl (C=O) groups is 1. The number of carbonyl (C=O) groups excluding carboxylic acids is 1. The van der Waals surface area contributed by atoms with Gasteiger partial charge < -0.3 is 5.32 Å². The smallest absolute Gasteiger partial charge is 0.287 e. The molecule has 7 heteroatoms. The summed E-state index contributed by atoms with van der Waals surface area (Å²) < 4.78 is 1.49. The van der Waals surface area contributed by atoms with Crippen molar-refractivity contribution in [2.45, 2.75) is 13.0 Å². The van der Waals surface area contributed by atoms with E-state index in [2.05, 4.69) is 21.3 Å². The first-order valence-electron chi connectivity index (χ1n) is 6.47. The zero-order valence-corrected chi connectivity index (χ0v) is 12.6. The molecule has 1 atom stereocenters. The van der Waals surface area contributed by atoms with E-state index in [4.69, 9.17) is 12.2 Å². The number of nitrogens with one attached hydrogen (secondary N) is 3. The van der Waals surface area contributed by atoms with Crippen LogP contribution in [0.25, 0.3) is 0 Å². The van der Waals surface area contributed by atoms with Gasteiger partial charge in [0.15, 0.2) is 5.11 Å². The molecule has 0 aliphatic heterocycles. The summed E-state index contributed by atoms with van der Waals surface area (Å²) in [6, 6.07) is 11.6. The summed E-state index contributed by atoms with van der Waals surface area (Å²) in [5.41, 5.74) is 6.76. The van der Waals surface area contributed by atoms with Crippen LogP contribution < -0.4 is 16.2 Å². The fraction of sp³-hybridized carbons (Fsp3) is 0.214. The van der Waals surface area contributed by atoms with Crippen LogP contribution in [0.3, 0.4) is 0 Å². The number of aryl methyl sites for hydroxylation is 1. The Balaban J connectivity index is 1.83. The molecule has 2 rings (SSSR count). The second kappa shape index (κ2) is 6.85. The monoisotopic (exact) mass is 303 g/mol. The zero-order valence-electron chi connectivity index (χ0n) is 11.8. The lowest BCUT2D eigenvalue weighted by Gasteiger charge is -2.17. The fourth-order valence-electron chi connectivity index (χ4n) is 1.83. The Morgan fingerprint density at radius 2 is 1.95 bits per heavy atom. The second-order valence-corrected chi connectivity index (χ2v) is 4.93. The molecule has 0 fully saturated rings. The van der Waals surface area contributed by atoms with Gasteiger partial charge in [-0.1, -0.05) is 30.3 Å². The molecule has 0 saturated carbocycles. The average molecular weight is 303 g/mol. The minimum atomic E-state index is -0.300. The predicted octanol–water partition coefficient (Wildman–Crippen LogP) is 1.29. The molecular formula is C14H17N5OS. The summed E-state index contributed by atoms with van der Waals surface area (Å²) in [5.74, 6) is -0.300. The van der Waals surface area contributed by atoms with Gasteiger partial charge in [-0.05, 0) is 30.8 Å². The molecule has 6 nitrogen and oxygen atoms in total. The summed E-state index contributed by atoms with van der Waals surface area (Å²) in [7, 11) is 1.70. The number of hydrogen-bond acceptors (Lipinski definition) is 3. The van der Waals surface area contributed by atoms with Crippen LogP contribution in [0.5, 0.6) is 0 Å². The topological polar surface area (TPSA) is 71.0 Å². The van der Waals surface area contributed by atoms with Crippen LogP contribution in [0, 0.1) is 0 Å². The molecule has 21 heavy (non-hydrogen) atoms. The highest BCUT2D eigenvalue weighted by molar-refractivity contribution is 7.80. The SMILES string of the molecule is C[C@@H](NC(=S)NNC(=O)c1ccnn1C)c1ccccc1. The summed E-state index contributed by atoms with van der Waals surface area (Å²) in [5, 5.41) is 7.38. The molecule has 1 aromatic carbocycles. The van der Waals surface area contributed by atoms with Crippen LogP contribution in [-0.2, 0) is 7.05 Å². The van der Waals surface area contributed by atoms with Crippen LogP contribution in [0.2, 0.25) is 0 Å². The van der Waals surface area contributed by atoms with Gasteiger partial charge in [0.2, 0.25) is 0 Å². The van der Waals surface area contributed by atoms with E-state index < -0.39 is 0 Å². The molecule has 0 radical (unpaired) electrons. The normalized spacial score (nSPS) is 11.5. The minimum absolute atomic E-state index is 0.0415. The van der Waals surface area contributed by atoms with Gasteiger partial charge in [0.1, 0.15) is 5.69 Å². The van der Waals surface area contributed by atoms with Crippen molar-refractivity contribution in [1.29, 1.82) is 0 Å². The van der Waals surface area contributed by atoms with Crippen molar-refractivity contribution in [3.05, 3.63) is 53.9 Å². The molecular weight excluding hydrogens is 286 g/mol. The van der Waals surface area contributed by atoms with Crippen LogP contribution in [0.1, 0.15) is 29.0 Å². The molecule has 110 valence electrons. The Hall–Kier alpha value is -2.41. The lowest BCUT2D eigenvalue weighted by Crippen LogP contribution is -2.47. The molecule has 0 aliphatic rings. The molecule has 2 aromatic rings. The van der Waals surface area contributed by atoms with Gasteiger partial charge >= 0.3 is 0 Å². The highest BCUT2D eigenvalue weighted by Crippen LogP contribution is 2.10. The number of rotatable bonds is 3. The average Bonchev–Trinajstić information content (AvgIpc) is 2.92. The fourth-order valence-corrected chi connectivity index (χ4v) is 2.06. The second-order valence-electron chi connectivity index (χ2n) is 4.53. The van der Waals surface area contributed by atoms with Gasteiger partial charge in [0, 0.05) is 13.2 Å². The van der Waals surface area contributed by atoms with E-state index in [-0.39, 0.29) is 11.9 Å². The highest BCUT2D eigenvalue weighted by atomic mass is 32.1. The van der Waals surface area contributed by atoms with Crippen molar-refractivity contribution in [3.63, 3.8) is 0 Å². The third-order valence-electron chi connectivity index (χ3n) is 2.99. The van der Waals surface area contributed by atoms with E-state index in [9.17, 15) is 4.79 Å². The molecule has 0 spiro atoms. The van der Waals surface area contributed by atoms with Crippen molar-refractivity contribution in [1.82, 2.24) is 25.9 Å². The Morgan fingerprint density at radius 1 is 1.24 bits per heavy atom. The standard InChI is InChI=1S/C14H17N5OS/c1-10(11-6-4-3-5-7-11)16-14(21)18-17-13(20)12-8-9-15-19(12)2/h3-10H,1-2H3,(H,17,20)(H2,16,18,21)/t10-/m1/s1. The van der Waals surface area contributed by atoms with Crippen LogP contribution >= 0.6 is 12.2 Å². The Labute approximate surface area is 128 Å². The summed E-state index contributed by atoms with van der Waals surface area (Å²) >= 11 is 5.15. The first-order valence-corrected chi connectivity index (χ1v) is 6.88. The quantitative estimate of drug-likeness (QED) is 0.589. The molecule has 1 heterocycles. The van der Waals surface area contributed by atoms with E-state index >= 15 is 0 Å². The molecule has 1 amide bonds. The summed E-state index contributed by atoms with van der Waals surface area (Å²) in [6.07, 6.45) is 1.56. The molecule has 0 aliphatic carbocycles. The van der Waals surface area contributed by atoms with Gasteiger partial charge in [-0.2, -0.15) is 5.10 Å². The van der Waals surface area contributed by atoms with E-state index in [1.54, 1.807) is 19.3 Å². The van der Waals surface area contributed by atoms with E-state index in [0.717, 1.165) is 5.56 Å².